The molecule has 0 aliphatic rings. The predicted octanol–water partition coefficient (Wildman–Crippen LogP) is 3.71. The molecule has 2 aromatic heterocycles. The first-order valence-electron chi connectivity index (χ1n) is 3.34. The van der Waals surface area contributed by atoms with Gasteiger partial charge in [-0.1, -0.05) is 0 Å². The third-order valence-corrected chi connectivity index (χ3v) is 3.69. The van der Waals surface area contributed by atoms with Crippen molar-refractivity contribution in [3.8, 4) is 0 Å². The molecule has 2 heterocycles. The Morgan fingerprint density at radius 1 is 1.25 bits per heavy atom. The molecule has 0 saturated carbocycles. The molecule has 2 aromatic rings. The summed E-state index contributed by atoms with van der Waals surface area (Å²) in [6, 6.07) is 4.34. The zero-order valence-corrected chi connectivity index (χ0v) is 11.2. The second kappa shape index (κ2) is 4.14. The van der Waals surface area contributed by atoms with Gasteiger partial charge in [-0.15, -0.1) is 22.3 Å². The van der Waals surface area contributed by atoms with Crippen LogP contribution in [0.3, 0.4) is 0 Å². The van der Waals surface area contributed by atoms with Crippen molar-refractivity contribution < 1.29 is 32.7 Å². The van der Waals surface area contributed by atoms with E-state index in [0.717, 1.165) is 4.88 Å². The van der Waals surface area contributed by atoms with Crippen LogP contribution < -0.4 is 0 Å². The van der Waals surface area contributed by atoms with Gasteiger partial charge in [0.25, 0.3) is 0 Å². The van der Waals surface area contributed by atoms with Gasteiger partial charge < -0.3 is 0 Å². The van der Waals surface area contributed by atoms with E-state index >= 15 is 0 Å². The van der Waals surface area contributed by atoms with E-state index in [9.17, 15) is 0 Å². The van der Waals surface area contributed by atoms with Gasteiger partial charge in [-0.3, -0.25) is 6.58 Å². The summed E-state index contributed by atoms with van der Waals surface area (Å²) in [7, 11) is 0. The van der Waals surface area contributed by atoms with E-state index in [0.29, 0.717) is 0 Å². The third-order valence-electron chi connectivity index (χ3n) is 1.51. The molecular weight excluding hydrogens is 261 g/mol. The van der Waals surface area contributed by atoms with Gasteiger partial charge in [0.1, 0.15) is 0 Å². The Morgan fingerprint density at radius 2 is 1.92 bits per heavy atom. The first-order chi connectivity index (χ1) is 5.29. The Kier molecular flexibility index (Phi) is 3.65. The smallest absolute Gasteiger partial charge is 0.0266 e. The van der Waals surface area contributed by atoms with E-state index in [4.69, 9.17) is 6.58 Å². The SMILES string of the molecule is [CH-]=Cc1cc2sc(C)cc2s1.[Y]. The van der Waals surface area contributed by atoms with Crippen LogP contribution in [0.2, 0.25) is 0 Å². The molecule has 0 spiro atoms. The summed E-state index contributed by atoms with van der Waals surface area (Å²) in [4.78, 5) is 2.53. The second-order valence-corrected chi connectivity index (χ2v) is 4.80. The van der Waals surface area contributed by atoms with Crippen molar-refractivity contribution >= 4 is 38.1 Å². The molecule has 0 aromatic carbocycles. The van der Waals surface area contributed by atoms with E-state index in [1.54, 1.807) is 17.4 Å². The molecule has 0 bridgehead atoms. The average Bonchev–Trinajstić information content (AvgIpc) is 2.43. The Balaban J connectivity index is 0.000000720. The van der Waals surface area contributed by atoms with Gasteiger partial charge in [0, 0.05) is 47.0 Å². The molecule has 12 heavy (non-hydrogen) atoms. The normalized spacial score (nSPS) is 9.75. The monoisotopic (exact) mass is 268 g/mol. The molecule has 0 fully saturated rings. The zero-order chi connectivity index (χ0) is 7.84. The van der Waals surface area contributed by atoms with Gasteiger partial charge in [-0.05, 0) is 13.0 Å². The van der Waals surface area contributed by atoms with Gasteiger partial charge in [-0.2, -0.15) is 0 Å². The fourth-order valence-electron chi connectivity index (χ4n) is 1.06. The van der Waals surface area contributed by atoms with Crippen LogP contribution in [-0.2, 0) is 32.7 Å². The predicted molar refractivity (Wildman–Crippen MR) is 53.2 cm³/mol. The van der Waals surface area contributed by atoms with Gasteiger partial charge in [0.05, 0.1) is 0 Å². The van der Waals surface area contributed by atoms with Crippen LogP contribution in [0, 0.1) is 13.5 Å². The zero-order valence-electron chi connectivity index (χ0n) is 6.70. The van der Waals surface area contributed by atoms with E-state index < -0.39 is 0 Å². The van der Waals surface area contributed by atoms with Gasteiger partial charge in [-0.25, -0.2) is 17.4 Å². The minimum absolute atomic E-state index is 0. The van der Waals surface area contributed by atoms with Crippen molar-refractivity contribution in [2.45, 2.75) is 6.92 Å². The van der Waals surface area contributed by atoms with Crippen LogP contribution in [0.1, 0.15) is 9.75 Å². The molecule has 59 valence electrons. The largest absolute Gasteiger partial charge is 0.292 e. The summed E-state index contributed by atoms with van der Waals surface area (Å²) < 4.78 is 2.70. The van der Waals surface area contributed by atoms with Gasteiger partial charge >= 0.3 is 0 Å². The fraction of sp³-hybridized carbons (Fsp3) is 0.111. The average molecular weight is 268 g/mol. The number of hydrogen-bond acceptors (Lipinski definition) is 2. The van der Waals surface area contributed by atoms with Gasteiger partial charge in [0.15, 0.2) is 0 Å². The standard InChI is InChI=1S/C9H7S2.Y/c1-3-7-5-9-8(11-7)4-6(2)10-9;/h1,3-5H,2H3;/q-1;. The maximum Gasteiger partial charge on any atom is 0.0266 e. The molecular formula is C9H7S2Y-. The Hall–Kier alpha value is 0.504. The molecule has 0 atom stereocenters. The molecule has 0 saturated heterocycles. The third kappa shape index (κ3) is 1.87. The second-order valence-electron chi connectivity index (χ2n) is 2.40. The van der Waals surface area contributed by atoms with Crippen molar-refractivity contribution in [1.29, 1.82) is 0 Å². The first-order valence-corrected chi connectivity index (χ1v) is 4.98. The summed E-state index contributed by atoms with van der Waals surface area (Å²) >= 11 is 3.57. The molecule has 2 rings (SSSR count). The molecule has 0 N–H and O–H groups in total. The van der Waals surface area contributed by atoms with Crippen LogP contribution in [0.4, 0.5) is 0 Å². The van der Waals surface area contributed by atoms with Crippen LogP contribution in [0.25, 0.3) is 15.5 Å². The summed E-state index contributed by atoms with van der Waals surface area (Å²) in [5.41, 5.74) is 0. The number of thiophene rings is 2. The number of fused-ring (bicyclic) bond motifs is 1. The number of aryl methyl sites for hydroxylation is 1. The molecule has 0 amide bonds. The van der Waals surface area contributed by atoms with Crippen molar-refractivity contribution in [2.24, 2.45) is 0 Å². The molecule has 0 unspecified atom stereocenters. The number of hydrogen-bond donors (Lipinski definition) is 0. The van der Waals surface area contributed by atoms with Crippen LogP contribution in [-0.4, -0.2) is 0 Å². The summed E-state index contributed by atoms with van der Waals surface area (Å²) in [6.45, 7) is 7.53. The van der Waals surface area contributed by atoms with E-state index in [-0.39, 0.29) is 32.7 Å². The number of rotatable bonds is 1. The van der Waals surface area contributed by atoms with Crippen molar-refractivity contribution in [3.63, 3.8) is 0 Å². The summed E-state index contributed by atoms with van der Waals surface area (Å²) in [6.07, 6.45) is 1.66. The van der Waals surface area contributed by atoms with Crippen LogP contribution in [0.5, 0.6) is 0 Å². The maximum absolute atomic E-state index is 5.40. The van der Waals surface area contributed by atoms with E-state index in [1.165, 1.54) is 14.3 Å². The Labute approximate surface area is 105 Å². The molecule has 1 radical (unpaired) electrons. The van der Waals surface area contributed by atoms with E-state index in [2.05, 4.69) is 19.1 Å². The van der Waals surface area contributed by atoms with Crippen molar-refractivity contribution in [2.75, 3.05) is 0 Å². The molecule has 3 heteroatoms. The quantitative estimate of drug-likeness (QED) is 0.691. The minimum atomic E-state index is 0. The topological polar surface area (TPSA) is 0 Å². The first kappa shape index (κ1) is 10.6. The summed E-state index contributed by atoms with van der Waals surface area (Å²) in [5.74, 6) is 0. The van der Waals surface area contributed by atoms with Crippen molar-refractivity contribution in [1.82, 2.24) is 0 Å². The Bertz CT molecular complexity index is 366. The van der Waals surface area contributed by atoms with Gasteiger partial charge in [0.2, 0.25) is 0 Å². The van der Waals surface area contributed by atoms with Crippen LogP contribution in [0.15, 0.2) is 12.1 Å². The van der Waals surface area contributed by atoms with Crippen molar-refractivity contribution in [3.05, 3.63) is 28.5 Å². The van der Waals surface area contributed by atoms with E-state index in [1.807, 2.05) is 11.3 Å². The Morgan fingerprint density at radius 3 is 2.50 bits per heavy atom. The summed E-state index contributed by atoms with van der Waals surface area (Å²) in [5, 5.41) is 0. The maximum atomic E-state index is 5.40. The van der Waals surface area contributed by atoms with Crippen LogP contribution >= 0.6 is 22.7 Å². The molecule has 0 nitrogen and oxygen atoms in total. The molecule has 0 aliphatic carbocycles. The minimum Gasteiger partial charge on any atom is -0.292 e. The fourth-order valence-corrected chi connectivity index (χ4v) is 3.22. The molecule has 0 aliphatic heterocycles.